The molecule has 0 aromatic carbocycles. The molecule has 1 aliphatic heterocycles. The van der Waals surface area contributed by atoms with Crippen LogP contribution in [0.25, 0.3) is 0 Å². The van der Waals surface area contributed by atoms with Gasteiger partial charge in [0.1, 0.15) is 0 Å². The third-order valence-electron chi connectivity index (χ3n) is 5.27. The first-order valence-corrected chi connectivity index (χ1v) is 9.18. The van der Waals surface area contributed by atoms with Crippen LogP contribution in [0, 0.1) is 17.8 Å². The summed E-state index contributed by atoms with van der Waals surface area (Å²) in [6.07, 6.45) is 5.83. The molecule has 2 amide bonds. The van der Waals surface area contributed by atoms with Gasteiger partial charge in [0.25, 0.3) is 0 Å². The van der Waals surface area contributed by atoms with Crippen molar-refractivity contribution < 1.29 is 9.59 Å². The second-order valence-electron chi connectivity index (χ2n) is 7.67. The lowest BCUT2D eigenvalue weighted by molar-refractivity contribution is -0.140. The van der Waals surface area contributed by atoms with Gasteiger partial charge in [-0.05, 0) is 58.5 Å². The number of rotatable bonds is 5. The van der Waals surface area contributed by atoms with Gasteiger partial charge in [-0.25, -0.2) is 0 Å². The summed E-state index contributed by atoms with van der Waals surface area (Å²) in [6, 6.07) is 0. The maximum absolute atomic E-state index is 12.6. The molecule has 0 aromatic heterocycles. The quantitative estimate of drug-likeness (QED) is 0.838. The molecule has 5 nitrogen and oxygen atoms in total. The van der Waals surface area contributed by atoms with Crippen LogP contribution in [0.2, 0.25) is 0 Å². The Labute approximate surface area is 140 Å². The fourth-order valence-electron chi connectivity index (χ4n) is 3.80. The van der Waals surface area contributed by atoms with Crippen molar-refractivity contribution in [3.63, 3.8) is 0 Å². The zero-order valence-corrected chi connectivity index (χ0v) is 15.0. The van der Waals surface area contributed by atoms with E-state index in [1.807, 2.05) is 14.1 Å². The smallest absolute Gasteiger partial charge is 0.225 e. The van der Waals surface area contributed by atoms with Gasteiger partial charge in [0, 0.05) is 38.0 Å². The standard InChI is InChI=1S/C18H33N3O2/c1-14-5-4-11-21(13-14)18(23)16-8-6-15(7-9-16)17(22)19-10-12-20(2)3/h14-16H,4-13H2,1-3H3,(H,19,22). The van der Waals surface area contributed by atoms with Crippen LogP contribution in [0.5, 0.6) is 0 Å². The van der Waals surface area contributed by atoms with E-state index in [1.165, 1.54) is 6.42 Å². The second kappa shape index (κ2) is 8.67. The van der Waals surface area contributed by atoms with Crippen molar-refractivity contribution in [2.45, 2.75) is 45.4 Å². The van der Waals surface area contributed by atoms with E-state index >= 15 is 0 Å². The molecule has 1 atom stereocenters. The van der Waals surface area contributed by atoms with Crippen LogP contribution in [0.3, 0.4) is 0 Å². The SMILES string of the molecule is CC1CCCN(C(=O)C2CCC(C(=O)NCCN(C)C)CC2)C1. The Kier molecular flexibility index (Phi) is 6.88. The molecule has 1 heterocycles. The van der Waals surface area contributed by atoms with E-state index < -0.39 is 0 Å². The fraction of sp³-hybridized carbons (Fsp3) is 0.889. The number of likely N-dealkylation sites (N-methyl/N-ethyl adjacent to an activating group) is 1. The Bertz CT molecular complexity index is 403. The zero-order chi connectivity index (χ0) is 16.8. The minimum absolute atomic E-state index is 0.0986. The molecular weight excluding hydrogens is 290 g/mol. The Balaban J connectivity index is 1.72. The van der Waals surface area contributed by atoms with Crippen LogP contribution in [0.4, 0.5) is 0 Å². The third kappa shape index (κ3) is 5.48. The van der Waals surface area contributed by atoms with E-state index in [2.05, 4.69) is 22.0 Å². The average Bonchev–Trinajstić information content (AvgIpc) is 2.54. The minimum atomic E-state index is 0.0986. The highest BCUT2D eigenvalue weighted by Crippen LogP contribution is 2.31. The first-order chi connectivity index (χ1) is 11.0. The van der Waals surface area contributed by atoms with Gasteiger partial charge in [0.05, 0.1) is 0 Å². The van der Waals surface area contributed by atoms with E-state index in [9.17, 15) is 9.59 Å². The van der Waals surface area contributed by atoms with Crippen molar-refractivity contribution >= 4 is 11.8 Å². The molecule has 5 heteroatoms. The van der Waals surface area contributed by atoms with Crippen LogP contribution in [-0.2, 0) is 9.59 Å². The Morgan fingerprint density at radius 2 is 1.74 bits per heavy atom. The summed E-state index contributed by atoms with van der Waals surface area (Å²) < 4.78 is 0. The Hall–Kier alpha value is -1.10. The number of carbonyl (C=O) groups is 2. The van der Waals surface area contributed by atoms with Gasteiger partial charge in [0.2, 0.25) is 11.8 Å². The van der Waals surface area contributed by atoms with Crippen molar-refractivity contribution in [1.82, 2.24) is 15.1 Å². The average molecular weight is 323 g/mol. The second-order valence-corrected chi connectivity index (χ2v) is 7.67. The number of piperidine rings is 1. The van der Waals surface area contributed by atoms with Gasteiger partial charge in [-0.2, -0.15) is 0 Å². The summed E-state index contributed by atoms with van der Waals surface area (Å²) >= 11 is 0. The van der Waals surface area contributed by atoms with E-state index in [1.54, 1.807) is 0 Å². The molecule has 1 saturated carbocycles. The summed E-state index contributed by atoms with van der Waals surface area (Å²) in [5, 5.41) is 3.02. The molecule has 0 bridgehead atoms. The van der Waals surface area contributed by atoms with Crippen LogP contribution in [-0.4, -0.2) is 61.9 Å². The molecule has 2 fully saturated rings. The molecule has 0 aromatic rings. The largest absolute Gasteiger partial charge is 0.355 e. The number of hydrogen-bond donors (Lipinski definition) is 1. The summed E-state index contributed by atoms with van der Waals surface area (Å²) in [7, 11) is 4.01. The molecule has 2 rings (SSSR count). The summed E-state index contributed by atoms with van der Waals surface area (Å²) in [6.45, 7) is 5.65. The molecule has 1 unspecified atom stereocenters. The molecule has 0 radical (unpaired) electrons. The van der Waals surface area contributed by atoms with Gasteiger partial charge in [0.15, 0.2) is 0 Å². The lowest BCUT2D eigenvalue weighted by atomic mass is 9.80. The van der Waals surface area contributed by atoms with Crippen molar-refractivity contribution in [2.24, 2.45) is 17.8 Å². The summed E-state index contributed by atoms with van der Waals surface area (Å²) in [5.41, 5.74) is 0. The predicted octanol–water partition coefficient (Wildman–Crippen LogP) is 1.73. The van der Waals surface area contributed by atoms with E-state index in [0.29, 0.717) is 18.4 Å². The highest BCUT2D eigenvalue weighted by atomic mass is 16.2. The van der Waals surface area contributed by atoms with Gasteiger partial charge < -0.3 is 15.1 Å². The monoisotopic (exact) mass is 323 g/mol. The molecule has 1 N–H and O–H groups in total. The van der Waals surface area contributed by atoms with E-state index in [0.717, 1.165) is 51.7 Å². The molecular formula is C18H33N3O2. The first-order valence-electron chi connectivity index (χ1n) is 9.18. The molecule has 23 heavy (non-hydrogen) atoms. The maximum atomic E-state index is 12.6. The maximum Gasteiger partial charge on any atom is 0.225 e. The molecule has 1 saturated heterocycles. The minimum Gasteiger partial charge on any atom is -0.355 e. The van der Waals surface area contributed by atoms with Crippen molar-refractivity contribution in [3.05, 3.63) is 0 Å². The number of hydrogen-bond acceptors (Lipinski definition) is 3. The van der Waals surface area contributed by atoms with Crippen LogP contribution in [0.1, 0.15) is 45.4 Å². The van der Waals surface area contributed by atoms with Gasteiger partial charge in [-0.15, -0.1) is 0 Å². The molecule has 1 aliphatic carbocycles. The lowest BCUT2D eigenvalue weighted by Gasteiger charge is -2.35. The number of carbonyl (C=O) groups excluding carboxylic acids is 2. The Morgan fingerprint density at radius 3 is 2.35 bits per heavy atom. The van der Waals surface area contributed by atoms with E-state index in [-0.39, 0.29) is 17.7 Å². The molecule has 2 aliphatic rings. The fourth-order valence-corrected chi connectivity index (χ4v) is 3.80. The predicted molar refractivity (Wildman–Crippen MR) is 92.0 cm³/mol. The third-order valence-corrected chi connectivity index (χ3v) is 5.27. The highest BCUT2D eigenvalue weighted by molar-refractivity contribution is 5.81. The normalized spacial score (nSPS) is 28.7. The summed E-state index contributed by atoms with van der Waals surface area (Å²) in [5.74, 6) is 1.38. The highest BCUT2D eigenvalue weighted by Gasteiger charge is 2.33. The van der Waals surface area contributed by atoms with Gasteiger partial charge >= 0.3 is 0 Å². The number of likely N-dealkylation sites (tertiary alicyclic amines) is 1. The molecule has 0 spiro atoms. The topological polar surface area (TPSA) is 52.7 Å². The summed E-state index contributed by atoms with van der Waals surface area (Å²) in [4.78, 5) is 28.9. The number of amides is 2. The van der Waals surface area contributed by atoms with Crippen molar-refractivity contribution in [2.75, 3.05) is 40.3 Å². The zero-order valence-electron chi connectivity index (χ0n) is 15.0. The number of nitrogens with zero attached hydrogens (tertiary/aromatic N) is 2. The number of nitrogens with one attached hydrogen (secondary N) is 1. The van der Waals surface area contributed by atoms with Gasteiger partial charge in [-0.3, -0.25) is 9.59 Å². The van der Waals surface area contributed by atoms with Gasteiger partial charge in [-0.1, -0.05) is 6.92 Å². The van der Waals surface area contributed by atoms with E-state index in [4.69, 9.17) is 0 Å². The first kappa shape index (κ1) is 18.2. The van der Waals surface area contributed by atoms with Crippen LogP contribution in [0.15, 0.2) is 0 Å². The lowest BCUT2D eigenvalue weighted by Crippen LogP contribution is -2.44. The molecule has 132 valence electrons. The van der Waals surface area contributed by atoms with Crippen molar-refractivity contribution in [1.29, 1.82) is 0 Å². The van der Waals surface area contributed by atoms with Crippen molar-refractivity contribution in [3.8, 4) is 0 Å². The Morgan fingerprint density at radius 1 is 1.09 bits per heavy atom. The van der Waals surface area contributed by atoms with Crippen LogP contribution < -0.4 is 5.32 Å². The van der Waals surface area contributed by atoms with Crippen LogP contribution >= 0.6 is 0 Å².